The monoisotopic (exact) mass is 343 g/mol. The van der Waals surface area contributed by atoms with Crippen molar-refractivity contribution in [2.24, 2.45) is 0 Å². The van der Waals surface area contributed by atoms with Gasteiger partial charge in [-0.3, -0.25) is 4.18 Å². The van der Waals surface area contributed by atoms with Gasteiger partial charge in [0.2, 0.25) is 0 Å². The van der Waals surface area contributed by atoms with Gasteiger partial charge in [-0.15, -0.1) is 0 Å². The second-order valence-corrected chi connectivity index (χ2v) is 6.83. The van der Waals surface area contributed by atoms with Crippen molar-refractivity contribution in [3.05, 3.63) is 60.4 Å². The fourth-order valence-electron chi connectivity index (χ4n) is 2.54. The standard InChI is InChI=1S/C18H17NO4S/c1-3-22-24(20,21)16-11-7-10-15(12-16)17-13(2)23-19-18(17)14-8-5-4-6-9-14/h4-12H,3H2,1-2H3. The molecule has 0 aliphatic carbocycles. The van der Waals surface area contributed by atoms with Gasteiger partial charge in [-0.2, -0.15) is 8.42 Å². The molecule has 0 atom stereocenters. The van der Waals surface area contributed by atoms with E-state index in [1.165, 1.54) is 6.07 Å². The zero-order valence-corrected chi connectivity index (χ0v) is 14.2. The number of aromatic nitrogens is 1. The van der Waals surface area contributed by atoms with E-state index < -0.39 is 10.1 Å². The van der Waals surface area contributed by atoms with E-state index in [1.54, 1.807) is 26.0 Å². The molecule has 0 fully saturated rings. The van der Waals surface area contributed by atoms with Gasteiger partial charge in [-0.1, -0.05) is 47.6 Å². The summed E-state index contributed by atoms with van der Waals surface area (Å²) in [6.45, 7) is 3.53. The van der Waals surface area contributed by atoms with Gasteiger partial charge < -0.3 is 4.52 Å². The third-order valence-electron chi connectivity index (χ3n) is 3.59. The van der Waals surface area contributed by atoms with Gasteiger partial charge in [0.1, 0.15) is 11.5 Å². The van der Waals surface area contributed by atoms with E-state index in [2.05, 4.69) is 5.16 Å². The highest BCUT2D eigenvalue weighted by molar-refractivity contribution is 7.86. The summed E-state index contributed by atoms with van der Waals surface area (Å²) < 4.78 is 34.5. The Labute approximate surface area is 141 Å². The van der Waals surface area contributed by atoms with Gasteiger partial charge in [0.15, 0.2) is 0 Å². The lowest BCUT2D eigenvalue weighted by Gasteiger charge is -2.07. The lowest BCUT2D eigenvalue weighted by atomic mass is 10.00. The lowest BCUT2D eigenvalue weighted by molar-refractivity contribution is 0.338. The second kappa shape index (κ2) is 6.59. The first-order valence-electron chi connectivity index (χ1n) is 7.54. The zero-order valence-electron chi connectivity index (χ0n) is 13.4. The van der Waals surface area contributed by atoms with Crippen LogP contribution in [0.3, 0.4) is 0 Å². The van der Waals surface area contributed by atoms with Gasteiger partial charge in [0, 0.05) is 5.56 Å². The molecule has 0 saturated heterocycles. The maximum Gasteiger partial charge on any atom is 0.296 e. The molecule has 1 heterocycles. The highest BCUT2D eigenvalue weighted by atomic mass is 32.2. The van der Waals surface area contributed by atoms with Crippen LogP contribution in [0.25, 0.3) is 22.4 Å². The molecule has 3 aromatic rings. The average molecular weight is 343 g/mol. The highest BCUT2D eigenvalue weighted by Gasteiger charge is 2.20. The Morgan fingerprint density at radius 3 is 2.46 bits per heavy atom. The van der Waals surface area contributed by atoms with Crippen molar-refractivity contribution in [3.63, 3.8) is 0 Å². The maximum atomic E-state index is 12.1. The van der Waals surface area contributed by atoms with Crippen molar-refractivity contribution < 1.29 is 17.1 Å². The minimum absolute atomic E-state index is 0.0914. The summed E-state index contributed by atoms with van der Waals surface area (Å²) in [6.07, 6.45) is 0. The van der Waals surface area contributed by atoms with Crippen molar-refractivity contribution in [2.75, 3.05) is 6.61 Å². The van der Waals surface area contributed by atoms with E-state index >= 15 is 0 Å². The molecule has 0 aliphatic heterocycles. The van der Waals surface area contributed by atoms with Crippen LogP contribution in [0, 0.1) is 6.92 Å². The second-order valence-electron chi connectivity index (χ2n) is 5.22. The van der Waals surface area contributed by atoms with E-state index in [0.717, 1.165) is 11.1 Å². The summed E-state index contributed by atoms with van der Waals surface area (Å²) in [7, 11) is -3.77. The predicted molar refractivity (Wildman–Crippen MR) is 90.9 cm³/mol. The van der Waals surface area contributed by atoms with E-state index in [-0.39, 0.29) is 11.5 Å². The third kappa shape index (κ3) is 3.11. The van der Waals surface area contributed by atoms with E-state index in [0.29, 0.717) is 17.0 Å². The van der Waals surface area contributed by atoms with Crippen LogP contribution < -0.4 is 0 Å². The quantitative estimate of drug-likeness (QED) is 0.654. The third-order valence-corrected chi connectivity index (χ3v) is 4.97. The summed E-state index contributed by atoms with van der Waals surface area (Å²) >= 11 is 0. The van der Waals surface area contributed by atoms with Gasteiger partial charge in [-0.05, 0) is 31.5 Å². The number of hydrogen-bond acceptors (Lipinski definition) is 5. The number of nitrogens with zero attached hydrogens (tertiary/aromatic N) is 1. The van der Waals surface area contributed by atoms with Gasteiger partial charge >= 0.3 is 0 Å². The first kappa shape index (κ1) is 16.4. The first-order valence-corrected chi connectivity index (χ1v) is 8.95. The Morgan fingerprint density at radius 2 is 1.75 bits per heavy atom. The molecule has 0 amide bonds. The van der Waals surface area contributed by atoms with Crippen LogP contribution in [-0.2, 0) is 14.3 Å². The normalized spacial score (nSPS) is 11.6. The fraction of sp³-hybridized carbons (Fsp3) is 0.167. The Hall–Kier alpha value is -2.44. The number of benzene rings is 2. The van der Waals surface area contributed by atoms with Crippen LogP contribution in [0.5, 0.6) is 0 Å². The molecule has 0 radical (unpaired) electrons. The molecule has 0 saturated carbocycles. The van der Waals surface area contributed by atoms with Crippen molar-refractivity contribution in [2.45, 2.75) is 18.7 Å². The summed E-state index contributed by atoms with van der Waals surface area (Å²) in [4.78, 5) is 0.112. The maximum absolute atomic E-state index is 12.1. The number of hydrogen-bond donors (Lipinski definition) is 0. The molecule has 0 aliphatic rings. The molecule has 2 aromatic carbocycles. The largest absolute Gasteiger partial charge is 0.360 e. The molecule has 24 heavy (non-hydrogen) atoms. The molecule has 0 unspecified atom stereocenters. The van der Waals surface area contributed by atoms with Crippen LogP contribution in [0.4, 0.5) is 0 Å². The Bertz CT molecular complexity index is 946. The zero-order chi connectivity index (χ0) is 17.2. The van der Waals surface area contributed by atoms with Crippen molar-refractivity contribution in [1.82, 2.24) is 5.16 Å². The Morgan fingerprint density at radius 1 is 1.04 bits per heavy atom. The van der Waals surface area contributed by atoms with Crippen LogP contribution >= 0.6 is 0 Å². The first-order chi connectivity index (χ1) is 11.5. The molecular weight excluding hydrogens is 326 g/mol. The Kier molecular flexibility index (Phi) is 4.51. The molecule has 124 valence electrons. The van der Waals surface area contributed by atoms with E-state index in [9.17, 15) is 8.42 Å². The predicted octanol–water partition coefficient (Wildman–Crippen LogP) is 4.04. The van der Waals surface area contributed by atoms with Gasteiger partial charge in [-0.25, -0.2) is 0 Å². The molecule has 6 heteroatoms. The van der Waals surface area contributed by atoms with Crippen molar-refractivity contribution in [1.29, 1.82) is 0 Å². The number of rotatable bonds is 5. The Balaban J connectivity index is 2.13. The summed E-state index contributed by atoms with van der Waals surface area (Å²) in [5, 5.41) is 4.13. The minimum atomic E-state index is -3.77. The van der Waals surface area contributed by atoms with E-state index in [1.807, 2.05) is 36.4 Å². The molecule has 3 rings (SSSR count). The topological polar surface area (TPSA) is 69.4 Å². The van der Waals surface area contributed by atoms with Crippen LogP contribution in [-0.4, -0.2) is 20.2 Å². The molecule has 5 nitrogen and oxygen atoms in total. The average Bonchev–Trinajstić information content (AvgIpc) is 2.97. The van der Waals surface area contributed by atoms with E-state index in [4.69, 9.17) is 8.71 Å². The minimum Gasteiger partial charge on any atom is -0.360 e. The van der Waals surface area contributed by atoms with Crippen molar-refractivity contribution >= 4 is 10.1 Å². The molecular formula is C18H17NO4S. The van der Waals surface area contributed by atoms with Crippen LogP contribution in [0.2, 0.25) is 0 Å². The summed E-state index contributed by atoms with van der Waals surface area (Å²) in [6, 6.07) is 16.2. The van der Waals surface area contributed by atoms with Crippen LogP contribution in [0.1, 0.15) is 12.7 Å². The molecule has 0 bridgehead atoms. The summed E-state index contributed by atoms with van der Waals surface area (Å²) in [5.41, 5.74) is 3.07. The van der Waals surface area contributed by atoms with Crippen molar-refractivity contribution in [3.8, 4) is 22.4 Å². The van der Waals surface area contributed by atoms with Gasteiger partial charge in [0.25, 0.3) is 10.1 Å². The summed E-state index contributed by atoms with van der Waals surface area (Å²) in [5.74, 6) is 0.625. The highest BCUT2D eigenvalue weighted by Crippen LogP contribution is 2.35. The molecule has 0 N–H and O–H groups in total. The number of aryl methyl sites for hydroxylation is 1. The van der Waals surface area contributed by atoms with Gasteiger partial charge in [0.05, 0.1) is 17.1 Å². The van der Waals surface area contributed by atoms with Crippen LogP contribution in [0.15, 0.2) is 64.0 Å². The lowest BCUT2D eigenvalue weighted by Crippen LogP contribution is -2.05. The molecule has 1 aromatic heterocycles. The smallest absolute Gasteiger partial charge is 0.296 e. The fourth-order valence-corrected chi connectivity index (χ4v) is 3.50. The molecule has 0 spiro atoms. The SMILES string of the molecule is CCOS(=O)(=O)c1cccc(-c2c(-c3ccccc3)noc2C)c1.